The van der Waals surface area contributed by atoms with Crippen molar-refractivity contribution >= 4 is 11.9 Å². The maximum Gasteiger partial charge on any atom is 0.326 e. The topological polar surface area (TPSA) is 75.4 Å². The van der Waals surface area contributed by atoms with Crippen molar-refractivity contribution in [2.24, 2.45) is 0 Å². The van der Waals surface area contributed by atoms with Crippen molar-refractivity contribution in [3.05, 3.63) is 18.7 Å². The monoisotopic (exact) mass is 223 g/mol. The summed E-state index contributed by atoms with van der Waals surface area (Å²) in [5.41, 5.74) is 0. The van der Waals surface area contributed by atoms with Gasteiger partial charge in [-0.1, -0.05) is 0 Å². The molecule has 0 spiro atoms. The summed E-state index contributed by atoms with van der Waals surface area (Å²) in [7, 11) is 0. The van der Waals surface area contributed by atoms with Crippen LogP contribution in [0.4, 0.5) is 0 Å². The van der Waals surface area contributed by atoms with Crippen molar-refractivity contribution in [1.82, 2.24) is 14.5 Å². The van der Waals surface area contributed by atoms with E-state index in [1.165, 1.54) is 4.90 Å². The Hall–Kier alpha value is -1.85. The average molecular weight is 223 g/mol. The number of aromatic nitrogens is 2. The summed E-state index contributed by atoms with van der Waals surface area (Å²) in [5.74, 6) is -0.996. The van der Waals surface area contributed by atoms with E-state index in [4.69, 9.17) is 5.11 Å². The molecule has 0 aliphatic carbocycles. The van der Waals surface area contributed by atoms with Gasteiger partial charge in [-0.15, -0.1) is 0 Å². The van der Waals surface area contributed by atoms with Crippen molar-refractivity contribution in [1.29, 1.82) is 0 Å². The number of hydrogen-bond acceptors (Lipinski definition) is 3. The van der Waals surface area contributed by atoms with Gasteiger partial charge in [0.2, 0.25) is 5.91 Å². The van der Waals surface area contributed by atoms with Crippen LogP contribution in [0.2, 0.25) is 0 Å². The summed E-state index contributed by atoms with van der Waals surface area (Å²) in [6.45, 7) is 1.00. The molecule has 2 heterocycles. The van der Waals surface area contributed by atoms with Crippen LogP contribution in [0.3, 0.4) is 0 Å². The van der Waals surface area contributed by atoms with E-state index in [1.807, 2.05) is 4.57 Å². The fourth-order valence-corrected chi connectivity index (χ4v) is 1.91. The van der Waals surface area contributed by atoms with Crippen LogP contribution < -0.4 is 0 Å². The Morgan fingerprint density at radius 3 is 3.00 bits per heavy atom. The molecule has 1 aliphatic rings. The number of carbonyl (C=O) groups excluding carboxylic acids is 1. The first-order chi connectivity index (χ1) is 7.68. The normalized spacial score (nSPS) is 20.4. The predicted octanol–water partition coefficient (Wildman–Crippen LogP) is -0.0413. The van der Waals surface area contributed by atoms with Crippen LogP contribution in [-0.4, -0.2) is 44.0 Å². The number of nitrogens with zero attached hydrogens (tertiary/aromatic N) is 3. The van der Waals surface area contributed by atoms with E-state index in [1.54, 1.807) is 18.7 Å². The van der Waals surface area contributed by atoms with Crippen LogP contribution in [0, 0.1) is 0 Å². The van der Waals surface area contributed by atoms with Gasteiger partial charge in [-0.25, -0.2) is 9.78 Å². The van der Waals surface area contributed by atoms with Gasteiger partial charge < -0.3 is 14.6 Å². The van der Waals surface area contributed by atoms with Crippen molar-refractivity contribution in [2.45, 2.75) is 25.4 Å². The average Bonchev–Trinajstić information content (AvgIpc) is 2.84. The van der Waals surface area contributed by atoms with Crippen LogP contribution in [-0.2, 0) is 16.1 Å². The van der Waals surface area contributed by atoms with Gasteiger partial charge >= 0.3 is 5.97 Å². The summed E-state index contributed by atoms with van der Waals surface area (Å²) in [6, 6.07) is -0.656. The van der Waals surface area contributed by atoms with E-state index in [9.17, 15) is 9.59 Å². The molecule has 0 saturated carbocycles. The van der Waals surface area contributed by atoms with Crippen molar-refractivity contribution in [3.8, 4) is 0 Å². The third-order valence-electron chi connectivity index (χ3n) is 2.77. The van der Waals surface area contributed by atoms with Gasteiger partial charge in [0.15, 0.2) is 0 Å². The minimum Gasteiger partial charge on any atom is -0.480 e. The van der Waals surface area contributed by atoms with E-state index in [0.29, 0.717) is 25.9 Å². The lowest BCUT2D eigenvalue weighted by Gasteiger charge is -2.21. The Morgan fingerprint density at radius 2 is 2.38 bits per heavy atom. The molecular weight excluding hydrogens is 210 g/mol. The first-order valence-corrected chi connectivity index (χ1v) is 5.16. The summed E-state index contributed by atoms with van der Waals surface area (Å²) in [5, 5.41) is 8.95. The van der Waals surface area contributed by atoms with Gasteiger partial charge in [-0.05, 0) is 6.42 Å². The lowest BCUT2D eigenvalue weighted by atomic mass is 10.2. The molecule has 1 saturated heterocycles. The van der Waals surface area contributed by atoms with Gasteiger partial charge in [-0.2, -0.15) is 0 Å². The summed E-state index contributed by atoms with van der Waals surface area (Å²) < 4.78 is 1.82. The molecule has 2 rings (SSSR count). The highest BCUT2D eigenvalue weighted by atomic mass is 16.4. The Kier molecular flexibility index (Phi) is 2.89. The Bertz CT molecular complexity index is 388. The van der Waals surface area contributed by atoms with Crippen LogP contribution in [0.5, 0.6) is 0 Å². The molecule has 6 nitrogen and oxygen atoms in total. The maximum absolute atomic E-state index is 11.5. The summed E-state index contributed by atoms with van der Waals surface area (Å²) in [6.07, 6.45) is 5.84. The van der Waals surface area contributed by atoms with Crippen LogP contribution in [0.15, 0.2) is 18.7 Å². The highest BCUT2D eigenvalue weighted by molar-refractivity contribution is 5.87. The second kappa shape index (κ2) is 4.34. The molecular formula is C10H13N3O3. The molecule has 1 aliphatic heterocycles. The maximum atomic E-state index is 11.5. The fourth-order valence-electron chi connectivity index (χ4n) is 1.91. The molecule has 1 amide bonds. The van der Waals surface area contributed by atoms with E-state index in [0.717, 1.165) is 0 Å². The number of aliphatic carboxylic acids is 1. The molecule has 1 fully saturated rings. The highest BCUT2D eigenvalue weighted by Crippen LogP contribution is 2.18. The summed E-state index contributed by atoms with van der Waals surface area (Å²) >= 11 is 0. The lowest BCUT2D eigenvalue weighted by molar-refractivity contribution is -0.146. The molecule has 16 heavy (non-hydrogen) atoms. The van der Waals surface area contributed by atoms with Gasteiger partial charge in [0.25, 0.3) is 0 Å². The second-order valence-corrected chi connectivity index (χ2v) is 3.78. The van der Waals surface area contributed by atoms with Gasteiger partial charge in [0, 0.05) is 31.9 Å². The largest absolute Gasteiger partial charge is 0.480 e. The molecule has 86 valence electrons. The van der Waals surface area contributed by atoms with Crippen molar-refractivity contribution < 1.29 is 14.7 Å². The third-order valence-corrected chi connectivity index (χ3v) is 2.77. The quantitative estimate of drug-likeness (QED) is 0.777. The third kappa shape index (κ3) is 2.05. The molecule has 1 atom stereocenters. The van der Waals surface area contributed by atoms with Gasteiger partial charge in [0.05, 0.1) is 6.33 Å². The number of carbonyl (C=O) groups is 2. The number of likely N-dealkylation sites (tertiary alicyclic amines) is 1. The SMILES string of the molecule is O=C(O)C1CCC(=O)N1CCn1ccnc1. The first-order valence-electron chi connectivity index (χ1n) is 5.16. The molecule has 0 radical (unpaired) electrons. The van der Waals surface area contributed by atoms with Crippen LogP contribution in [0.25, 0.3) is 0 Å². The zero-order valence-electron chi connectivity index (χ0n) is 8.74. The van der Waals surface area contributed by atoms with Gasteiger partial charge in [0.1, 0.15) is 6.04 Å². The van der Waals surface area contributed by atoms with E-state index in [-0.39, 0.29) is 5.91 Å². The minimum atomic E-state index is -0.920. The number of rotatable bonds is 4. The summed E-state index contributed by atoms with van der Waals surface area (Å²) in [4.78, 5) is 27.7. The first kappa shape index (κ1) is 10.7. The standard InChI is InChI=1S/C10H13N3O3/c14-9-2-1-8(10(15)16)13(9)6-5-12-4-3-11-7-12/h3-4,7-8H,1-2,5-6H2,(H,15,16). The van der Waals surface area contributed by atoms with Crippen LogP contribution in [0.1, 0.15) is 12.8 Å². The van der Waals surface area contributed by atoms with Crippen molar-refractivity contribution in [2.75, 3.05) is 6.54 Å². The highest BCUT2D eigenvalue weighted by Gasteiger charge is 2.35. The molecule has 1 aromatic heterocycles. The minimum absolute atomic E-state index is 0.0764. The molecule has 6 heteroatoms. The van der Waals surface area contributed by atoms with Crippen molar-refractivity contribution in [3.63, 3.8) is 0 Å². The molecule has 0 aromatic carbocycles. The van der Waals surface area contributed by atoms with E-state index >= 15 is 0 Å². The van der Waals surface area contributed by atoms with E-state index in [2.05, 4.69) is 4.98 Å². The molecule has 1 aromatic rings. The Morgan fingerprint density at radius 1 is 1.56 bits per heavy atom. The zero-order valence-corrected chi connectivity index (χ0v) is 8.74. The lowest BCUT2D eigenvalue weighted by Crippen LogP contribution is -2.40. The number of imidazole rings is 1. The number of carboxylic acids is 1. The Labute approximate surface area is 92.5 Å². The number of hydrogen-bond donors (Lipinski definition) is 1. The fraction of sp³-hybridized carbons (Fsp3) is 0.500. The smallest absolute Gasteiger partial charge is 0.326 e. The molecule has 0 bridgehead atoms. The van der Waals surface area contributed by atoms with Gasteiger partial charge in [-0.3, -0.25) is 4.79 Å². The van der Waals surface area contributed by atoms with E-state index < -0.39 is 12.0 Å². The molecule has 1 N–H and O–H groups in total. The number of amides is 1. The predicted molar refractivity (Wildman–Crippen MR) is 54.6 cm³/mol. The zero-order chi connectivity index (χ0) is 11.5. The second-order valence-electron chi connectivity index (χ2n) is 3.78. The Balaban J connectivity index is 1.96. The molecule has 1 unspecified atom stereocenters. The van der Waals surface area contributed by atoms with Crippen LogP contribution >= 0.6 is 0 Å². The number of carboxylic acid groups (broad SMARTS) is 1.